The summed E-state index contributed by atoms with van der Waals surface area (Å²) in [5.41, 5.74) is -3.03. The summed E-state index contributed by atoms with van der Waals surface area (Å²) < 4.78 is 17.5. The maximum Gasteiger partial charge on any atom is 0.202 e. The van der Waals surface area contributed by atoms with Gasteiger partial charge in [-0.15, -0.1) is 0 Å². The number of ketones is 3. The van der Waals surface area contributed by atoms with Crippen molar-refractivity contribution in [3.63, 3.8) is 0 Å². The van der Waals surface area contributed by atoms with E-state index >= 15 is 0 Å². The molecule has 0 saturated carbocycles. The number of para-hydroxylation sites is 1. The second kappa shape index (κ2) is 12.9. The Hall–Kier alpha value is -4.44. The molecule has 1 fully saturated rings. The van der Waals surface area contributed by atoms with Gasteiger partial charge in [0.25, 0.3) is 0 Å². The Morgan fingerprint density at radius 2 is 1.75 bits per heavy atom. The third kappa shape index (κ3) is 5.70. The molecule has 3 aromatic carbocycles. The smallest absolute Gasteiger partial charge is 0.202 e. The summed E-state index contributed by atoms with van der Waals surface area (Å²) in [6.45, 7) is 0.569. The molecule has 0 bridgehead atoms. The Morgan fingerprint density at radius 1 is 1.04 bits per heavy atom. The molecule has 0 spiro atoms. The van der Waals surface area contributed by atoms with Crippen LogP contribution in [0.25, 0.3) is 0 Å². The van der Waals surface area contributed by atoms with Gasteiger partial charge in [0.1, 0.15) is 35.6 Å². The number of ether oxygens (including phenoxy) is 3. The summed E-state index contributed by atoms with van der Waals surface area (Å²) >= 11 is 5.45. The monoisotopic (exact) mass is 678 g/mol. The molecule has 6 atom stereocenters. The molecule has 48 heavy (non-hydrogen) atoms. The molecule has 13 nitrogen and oxygen atoms in total. The lowest BCUT2D eigenvalue weighted by molar-refractivity contribution is -0.248. The molecule has 0 amide bonds. The second-order valence-corrected chi connectivity index (χ2v) is 12.5. The van der Waals surface area contributed by atoms with Crippen molar-refractivity contribution in [2.24, 2.45) is 0 Å². The Morgan fingerprint density at radius 3 is 2.44 bits per heavy atom. The van der Waals surface area contributed by atoms with Crippen LogP contribution >= 0.6 is 12.2 Å². The number of aliphatic hydroxyl groups excluding tert-OH is 2. The van der Waals surface area contributed by atoms with Gasteiger partial charge in [0, 0.05) is 41.6 Å². The SMILES string of the molecule is COc1cccc2c1C(=O)c1c(O)c3c(c(O)c1C2=O)C[C@@](O)(C(=O)CO)C[C@@H]3O[C@H]1C[C@H](NC(=S)Nc2ccccc2)[C@H](O)[C@H](C)O1. The van der Waals surface area contributed by atoms with Crippen LogP contribution in [-0.2, 0) is 20.7 Å². The van der Waals surface area contributed by atoms with E-state index < -0.39 is 95.7 Å². The molecule has 1 aliphatic heterocycles. The first-order valence-electron chi connectivity index (χ1n) is 15.2. The topological polar surface area (TPSA) is 204 Å². The van der Waals surface area contributed by atoms with Crippen molar-refractivity contribution in [3.05, 3.63) is 81.9 Å². The van der Waals surface area contributed by atoms with Crippen LogP contribution in [0.3, 0.4) is 0 Å². The van der Waals surface area contributed by atoms with Crippen LogP contribution in [0.2, 0.25) is 0 Å². The molecule has 1 saturated heterocycles. The molecule has 1 heterocycles. The fourth-order valence-electron chi connectivity index (χ4n) is 6.72. The van der Waals surface area contributed by atoms with Gasteiger partial charge in [-0.2, -0.15) is 0 Å². The zero-order valence-electron chi connectivity index (χ0n) is 25.9. The number of hydrogen-bond donors (Lipinski definition) is 7. The first-order valence-corrected chi connectivity index (χ1v) is 15.6. The van der Waals surface area contributed by atoms with E-state index in [1.165, 1.54) is 25.3 Å². The van der Waals surface area contributed by atoms with Gasteiger partial charge in [-0.05, 0) is 37.3 Å². The average Bonchev–Trinajstić information content (AvgIpc) is 3.06. The molecular weight excluding hydrogens is 644 g/mol. The van der Waals surface area contributed by atoms with E-state index in [1.807, 2.05) is 30.3 Å². The molecule has 0 unspecified atom stereocenters. The third-order valence-corrected chi connectivity index (χ3v) is 9.33. The molecule has 252 valence electrons. The lowest BCUT2D eigenvalue weighted by Crippen LogP contribution is -2.56. The van der Waals surface area contributed by atoms with Crippen LogP contribution in [0.15, 0.2) is 48.5 Å². The number of phenolic OH excluding ortho intramolecular Hbond substituents is 2. The number of aromatic hydroxyl groups is 2. The number of rotatable bonds is 7. The maximum atomic E-state index is 13.9. The standard InChI is InChI=1S/C34H34N2O11S/c1-15-28(39)19(36-33(48)35-16-7-4-3-5-8-16)11-23(46-15)47-21-13-34(44,22(38)14-37)12-18-25(21)32(43)27-26(30(18)41)29(40)17-9-6-10-20(45-2)24(17)31(27)42/h3-10,15,19,21,23,28,37,39,41,43-44H,11-14H2,1-2H3,(H2,35,36,48)/t15-,19-,21-,23-,28+,34-/m0/s1. The molecule has 2 aliphatic carbocycles. The number of anilines is 1. The van der Waals surface area contributed by atoms with E-state index in [4.69, 9.17) is 26.4 Å². The van der Waals surface area contributed by atoms with Crippen LogP contribution in [-0.4, -0.2) is 91.9 Å². The fraction of sp³-hybridized carbons (Fsp3) is 0.353. The molecule has 0 radical (unpaired) electrons. The van der Waals surface area contributed by atoms with Crippen LogP contribution in [0.1, 0.15) is 68.8 Å². The number of nitrogens with one attached hydrogen (secondary N) is 2. The van der Waals surface area contributed by atoms with Crippen LogP contribution in [0.4, 0.5) is 5.69 Å². The molecule has 0 aromatic heterocycles. The normalized spacial score (nSPS) is 26.1. The Kier molecular flexibility index (Phi) is 8.98. The number of hydrogen-bond acceptors (Lipinski definition) is 12. The van der Waals surface area contributed by atoms with Crippen molar-refractivity contribution in [2.75, 3.05) is 19.0 Å². The van der Waals surface area contributed by atoms with Crippen LogP contribution in [0, 0.1) is 0 Å². The summed E-state index contributed by atoms with van der Waals surface area (Å²) in [6, 6.07) is 12.8. The van der Waals surface area contributed by atoms with Crippen LogP contribution in [0.5, 0.6) is 17.2 Å². The van der Waals surface area contributed by atoms with E-state index in [9.17, 15) is 39.9 Å². The Bertz CT molecular complexity index is 1820. The maximum absolute atomic E-state index is 13.9. The number of methoxy groups -OCH3 is 1. The van der Waals surface area contributed by atoms with E-state index in [2.05, 4.69) is 10.6 Å². The Balaban J connectivity index is 1.38. The zero-order chi connectivity index (χ0) is 34.5. The number of phenols is 2. The lowest BCUT2D eigenvalue weighted by Gasteiger charge is -2.43. The van der Waals surface area contributed by atoms with E-state index in [-0.39, 0.29) is 39.5 Å². The highest BCUT2D eigenvalue weighted by atomic mass is 32.1. The van der Waals surface area contributed by atoms with Gasteiger partial charge in [-0.3, -0.25) is 14.4 Å². The number of Topliss-reactive ketones (excluding diaryl/α,β-unsaturated/α-hetero) is 1. The fourth-order valence-corrected chi connectivity index (χ4v) is 6.98. The van der Waals surface area contributed by atoms with Gasteiger partial charge in [0.2, 0.25) is 5.78 Å². The van der Waals surface area contributed by atoms with E-state index in [0.29, 0.717) is 0 Å². The van der Waals surface area contributed by atoms with Gasteiger partial charge < -0.3 is 50.4 Å². The number of carbonyl (C=O) groups is 3. The van der Waals surface area contributed by atoms with Gasteiger partial charge >= 0.3 is 0 Å². The van der Waals surface area contributed by atoms with Crippen LogP contribution < -0.4 is 15.4 Å². The first kappa shape index (κ1) is 33.5. The van der Waals surface area contributed by atoms with Gasteiger partial charge in [-0.25, -0.2) is 0 Å². The quantitative estimate of drug-likeness (QED) is 0.110. The highest BCUT2D eigenvalue weighted by Crippen LogP contribution is 2.52. The zero-order valence-corrected chi connectivity index (χ0v) is 26.7. The molecule has 14 heteroatoms. The van der Waals surface area contributed by atoms with Crippen molar-refractivity contribution in [1.29, 1.82) is 0 Å². The predicted molar refractivity (Wildman–Crippen MR) is 173 cm³/mol. The summed E-state index contributed by atoms with van der Waals surface area (Å²) in [7, 11) is 1.32. The number of fused-ring (bicyclic) bond motifs is 3. The summed E-state index contributed by atoms with van der Waals surface area (Å²) in [5, 5.41) is 61.7. The molecule has 7 N–H and O–H groups in total. The molecule has 3 aliphatic rings. The highest BCUT2D eigenvalue weighted by molar-refractivity contribution is 7.80. The number of carbonyl (C=O) groups excluding carboxylic acids is 3. The molecule has 3 aromatic rings. The summed E-state index contributed by atoms with van der Waals surface area (Å²) in [4.78, 5) is 40.4. The van der Waals surface area contributed by atoms with Crippen molar-refractivity contribution >= 4 is 40.4 Å². The van der Waals surface area contributed by atoms with E-state index in [0.717, 1.165) is 5.69 Å². The van der Waals surface area contributed by atoms with Crippen molar-refractivity contribution < 1.29 is 54.1 Å². The Labute approximate surface area is 280 Å². The van der Waals surface area contributed by atoms with Gasteiger partial charge in [0.15, 0.2) is 23.0 Å². The summed E-state index contributed by atoms with van der Waals surface area (Å²) in [6.07, 6.45) is -5.44. The molecule has 6 rings (SSSR count). The summed E-state index contributed by atoms with van der Waals surface area (Å²) in [5.74, 6) is -3.85. The minimum Gasteiger partial charge on any atom is -0.507 e. The number of benzene rings is 3. The number of aliphatic hydroxyl groups is 3. The van der Waals surface area contributed by atoms with Gasteiger partial charge in [0.05, 0.1) is 42.0 Å². The van der Waals surface area contributed by atoms with Gasteiger partial charge in [-0.1, -0.05) is 30.3 Å². The molecular formula is C34H34N2O11S. The predicted octanol–water partition coefficient (Wildman–Crippen LogP) is 2.03. The minimum atomic E-state index is -2.29. The van der Waals surface area contributed by atoms with E-state index in [1.54, 1.807) is 6.92 Å². The largest absolute Gasteiger partial charge is 0.507 e. The lowest BCUT2D eigenvalue weighted by atomic mass is 9.72. The number of thiocarbonyl (C=S) groups is 1. The highest BCUT2D eigenvalue weighted by Gasteiger charge is 2.50. The second-order valence-electron chi connectivity index (χ2n) is 12.1. The first-order chi connectivity index (χ1) is 22.9. The average molecular weight is 679 g/mol. The third-order valence-electron chi connectivity index (χ3n) is 9.11. The minimum absolute atomic E-state index is 0.000000115. The van der Waals surface area contributed by atoms with Crippen molar-refractivity contribution in [2.45, 2.75) is 62.4 Å². The van der Waals surface area contributed by atoms with Crippen molar-refractivity contribution in [1.82, 2.24) is 5.32 Å². The van der Waals surface area contributed by atoms with Crippen molar-refractivity contribution in [3.8, 4) is 17.2 Å².